The summed E-state index contributed by atoms with van der Waals surface area (Å²) in [6, 6.07) is 6.15. The van der Waals surface area contributed by atoms with Gasteiger partial charge in [-0.1, -0.05) is 6.07 Å². The first-order valence-electron chi connectivity index (χ1n) is 9.54. The Morgan fingerprint density at radius 1 is 1.19 bits per heavy atom. The maximum atomic E-state index is 6.10. The smallest absolute Gasteiger partial charge is 0.191 e. The lowest BCUT2D eigenvalue weighted by Crippen LogP contribution is -2.37. The van der Waals surface area contributed by atoms with Crippen LogP contribution in [0, 0.1) is 0 Å². The van der Waals surface area contributed by atoms with Crippen molar-refractivity contribution in [3.63, 3.8) is 0 Å². The van der Waals surface area contributed by atoms with E-state index in [-0.39, 0.29) is 0 Å². The second-order valence-electron chi connectivity index (χ2n) is 6.56. The number of aliphatic imine (C=N–C) groups is 1. The van der Waals surface area contributed by atoms with Gasteiger partial charge in [-0.3, -0.25) is 4.99 Å². The minimum atomic E-state index is 0.335. The van der Waals surface area contributed by atoms with Crippen LogP contribution in [0.3, 0.4) is 0 Å². The van der Waals surface area contributed by atoms with Gasteiger partial charge in [-0.2, -0.15) is 11.8 Å². The van der Waals surface area contributed by atoms with Gasteiger partial charge >= 0.3 is 0 Å². The van der Waals surface area contributed by atoms with E-state index in [4.69, 9.17) is 9.47 Å². The lowest BCUT2D eigenvalue weighted by Gasteiger charge is -2.17. The predicted molar refractivity (Wildman–Crippen MR) is 112 cm³/mol. The molecular formula is C20H33N3O2S. The Morgan fingerprint density at radius 3 is 2.69 bits per heavy atom. The highest BCUT2D eigenvalue weighted by Gasteiger charge is 2.18. The Labute approximate surface area is 162 Å². The normalized spacial score (nSPS) is 15.1. The van der Waals surface area contributed by atoms with Crippen molar-refractivity contribution < 1.29 is 9.47 Å². The first kappa shape index (κ1) is 20.7. The molecule has 0 atom stereocenters. The van der Waals surface area contributed by atoms with Crippen LogP contribution in [-0.4, -0.2) is 44.8 Å². The number of methoxy groups -OCH3 is 1. The molecule has 0 amide bonds. The summed E-state index contributed by atoms with van der Waals surface area (Å²) in [5.74, 6) is 3.69. The number of ether oxygens (including phenoxy) is 2. The highest BCUT2D eigenvalue weighted by Crippen LogP contribution is 2.32. The van der Waals surface area contributed by atoms with E-state index in [9.17, 15) is 0 Å². The van der Waals surface area contributed by atoms with Crippen LogP contribution >= 0.6 is 11.8 Å². The van der Waals surface area contributed by atoms with Crippen molar-refractivity contribution in [1.29, 1.82) is 0 Å². The first-order chi connectivity index (χ1) is 12.8. The minimum absolute atomic E-state index is 0.335. The third kappa shape index (κ3) is 6.98. The van der Waals surface area contributed by atoms with Gasteiger partial charge in [-0.05, 0) is 68.2 Å². The molecule has 1 aliphatic carbocycles. The Hall–Kier alpha value is -1.56. The second kappa shape index (κ2) is 11.9. The molecule has 0 spiro atoms. The molecule has 2 rings (SSSR count). The van der Waals surface area contributed by atoms with E-state index in [1.807, 2.05) is 23.9 Å². The van der Waals surface area contributed by atoms with Gasteiger partial charge in [0.25, 0.3) is 0 Å². The third-order valence-corrected chi connectivity index (χ3v) is 5.27. The van der Waals surface area contributed by atoms with E-state index < -0.39 is 0 Å². The number of nitrogens with zero attached hydrogens (tertiary/aromatic N) is 1. The summed E-state index contributed by atoms with van der Waals surface area (Å²) in [5.41, 5.74) is 1.14. The zero-order chi connectivity index (χ0) is 18.6. The molecule has 0 radical (unpaired) electrons. The average molecular weight is 380 g/mol. The van der Waals surface area contributed by atoms with Gasteiger partial charge in [0, 0.05) is 20.1 Å². The van der Waals surface area contributed by atoms with Crippen molar-refractivity contribution in [2.45, 2.75) is 51.2 Å². The fourth-order valence-corrected chi connectivity index (χ4v) is 3.58. The quantitative estimate of drug-likeness (QED) is 0.368. The van der Waals surface area contributed by atoms with Crippen LogP contribution in [0.2, 0.25) is 0 Å². The van der Waals surface area contributed by atoms with Crippen molar-refractivity contribution in [2.24, 2.45) is 4.99 Å². The van der Waals surface area contributed by atoms with E-state index >= 15 is 0 Å². The number of hydrogen-bond acceptors (Lipinski definition) is 4. The van der Waals surface area contributed by atoms with E-state index in [2.05, 4.69) is 27.9 Å². The Kier molecular flexibility index (Phi) is 9.53. The van der Waals surface area contributed by atoms with Crippen molar-refractivity contribution in [2.75, 3.05) is 32.7 Å². The van der Waals surface area contributed by atoms with Crippen LogP contribution in [0.25, 0.3) is 0 Å². The molecule has 1 aromatic rings. The van der Waals surface area contributed by atoms with Crippen molar-refractivity contribution in [3.05, 3.63) is 23.8 Å². The number of thioether (sulfide) groups is 1. The Bertz CT molecular complexity index is 560. The molecule has 26 heavy (non-hydrogen) atoms. The molecule has 0 heterocycles. The van der Waals surface area contributed by atoms with E-state index in [1.165, 1.54) is 25.0 Å². The van der Waals surface area contributed by atoms with E-state index in [0.29, 0.717) is 12.6 Å². The number of unbranched alkanes of at least 4 members (excludes halogenated alkanes) is 1. The largest absolute Gasteiger partial charge is 0.493 e. The maximum Gasteiger partial charge on any atom is 0.191 e. The molecule has 2 N–H and O–H groups in total. The topological polar surface area (TPSA) is 54.9 Å². The van der Waals surface area contributed by atoms with Crippen LogP contribution in [0.4, 0.5) is 0 Å². The molecule has 1 fully saturated rings. The molecule has 0 bridgehead atoms. The Morgan fingerprint density at radius 2 is 2.00 bits per heavy atom. The Balaban J connectivity index is 1.82. The van der Waals surface area contributed by atoms with Crippen LogP contribution in [0.1, 0.15) is 44.1 Å². The van der Waals surface area contributed by atoms with Crippen molar-refractivity contribution in [1.82, 2.24) is 10.6 Å². The number of guanidine groups is 1. The zero-order valence-electron chi connectivity index (χ0n) is 16.3. The molecule has 1 saturated carbocycles. The van der Waals surface area contributed by atoms with Crippen molar-refractivity contribution in [3.8, 4) is 11.5 Å². The molecule has 5 nitrogen and oxygen atoms in total. The van der Waals surface area contributed by atoms with Gasteiger partial charge in [-0.15, -0.1) is 0 Å². The lowest BCUT2D eigenvalue weighted by molar-refractivity contribution is 0.200. The van der Waals surface area contributed by atoms with Gasteiger partial charge in [0.15, 0.2) is 17.5 Å². The fourth-order valence-electron chi connectivity index (χ4n) is 3.09. The standard InChI is InChI=1S/C20H33N3O2S/c1-21-20(22-12-6-7-13-26-3)23-15-16-10-11-18(19(14-16)24-2)25-17-8-4-5-9-17/h10-11,14,17H,4-9,12-13,15H2,1-3H3,(H2,21,22,23). The summed E-state index contributed by atoms with van der Waals surface area (Å²) >= 11 is 1.89. The van der Waals surface area contributed by atoms with Crippen molar-refractivity contribution >= 4 is 17.7 Å². The molecule has 6 heteroatoms. The molecule has 1 aliphatic rings. The number of benzene rings is 1. The SMILES string of the molecule is CN=C(NCCCCSC)NCc1ccc(OC2CCCC2)c(OC)c1. The molecule has 1 aromatic carbocycles. The number of nitrogens with one attached hydrogen (secondary N) is 2. The zero-order valence-corrected chi connectivity index (χ0v) is 17.2. The fraction of sp³-hybridized carbons (Fsp3) is 0.650. The monoisotopic (exact) mass is 379 g/mol. The van der Waals surface area contributed by atoms with Gasteiger partial charge < -0.3 is 20.1 Å². The van der Waals surface area contributed by atoms with Gasteiger partial charge in [-0.25, -0.2) is 0 Å². The van der Waals surface area contributed by atoms with Gasteiger partial charge in [0.2, 0.25) is 0 Å². The highest BCUT2D eigenvalue weighted by molar-refractivity contribution is 7.98. The summed E-state index contributed by atoms with van der Waals surface area (Å²) < 4.78 is 11.6. The lowest BCUT2D eigenvalue weighted by atomic mass is 10.2. The van der Waals surface area contributed by atoms with Crippen LogP contribution in [0.5, 0.6) is 11.5 Å². The molecule has 146 valence electrons. The maximum absolute atomic E-state index is 6.10. The molecule has 0 aliphatic heterocycles. The predicted octanol–water partition coefficient (Wildman–Crippen LogP) is 3.82. The summed E-state index contributed by atoms with van der Waals surface area (Å²) in [6.45, 7) is 1.64. The van der Waals surface area contributed by atoms with Gasteiger partial charge in [0.1, 0.15) is 0 Å². The summed E-state index contributed by atoms with van der Waals surface area (Å²) in [7, 11) is 3.50. The van der Waals surface area contributed by atoms with Crippen LogP contribution < -0.4 is 20.1 Å². The highest BCUT2D eigenvalue weighted by atomic mass is 32.2. The average Bonchev–Trinajstić information content (AvgIpc) is 3.18. The molecule has 0 unspecified atom stereocenters. The van der Waals surface area contributed by atoms with Crippen LogP contribution in [0.15, 0.2) is 23.2 Å². The number of rotatable bonds is 10. The minimum Gasteiger partial charge on any atom is -0.493 e. The summed E-state index contributed by atoms with van der Waals surface area (Å²) in [6.07, 6.45) is 9.68. The van der Waals surface area contributed by atoms with E-state index in [0.717, 1.165) is 48.8 Å². The third-order valence-electron chi connectivity index (χ3n) is 4.58. The summed E-state index contributed by atoms with van der Waals surface area (Å²) in [4.78, 5) is 4.28. The molecular weight excluding hydrogens is 346 g/mol. The van der Waals surface area contributed by atoms with Crippen LogP contribution in [-0.2, 0) is 6.54 Å². The van der Waals surface area contributed by atoms with E-state index in [1.54, 1.807) is 14.2 Å². The number of hydrogen-bond donors (Lipinski definition) is 2. The van der Waals surface area contributed by atoms with Gasteiger partial charge in [0.05, 0.1) is 13.2 Å². The molecule has 0 saturated heterocycles. The first-order valence-corrected chi connectivity index (χ1v) is 10.9. The molecule has 0 aromatic heterocycles. The summed E-state index contributed by atoms with van der Waals surface area (Å²) in [5, 5.41) is 6.72. The second-order valence-corrected chi connectivity index (χ2v) is 7.55.